The minimum Gasteiger partial charge on any atom is -0.369 e. The lowest BCUT2D eigenvalue weighted by Crippen LogP contribution is -2.46. The minimum absolute atomic E-state index is 0.0182. The molecule has 0 bridgehead atoms. The molecule has 1 saturated carbocycles. The second-order valence-electron chi connectivity index (χ2n) is 5.05. The van der Waals surface area contributed by atoms with E-state index in [9.17, 15) is 14.4 Å². The van der Waals surface area contributed by atoms with Crippen molar-refractivity contribution in [3.05, 3.63) is 0 Å². The predicted octanol–water partition coefficient (Wildman–Crippen LogP) is -0.763. The molecule has 0 radical (unpaired) electrons. The lowest BCUT2D eigenvalue weighted by molar-refractivity contribution is -0.135. The van der Waals surface area contributed by atoms with Crippen molar-refractivity contribution in [1.82, 2.24) is 10.2 Å². The van der Waals surface area contributed by atoms with Gasteiger partial charge in [-0.25, -0.2) is 0 Å². The van der Waals surface area contributed by atoms with Crippen molar-refractivity contribution in [3.8, 4) is 0 Å². The number of nitrogens with two attached hydrogens (primary N) is 1. The zero-order valence-corrected chi connectivity index (χ0v) is 10.4. The van der Waals surface area contributed by atoms with Crippen molar-refractivity contribution in [2.75, 3.05) is 19.6 Å². The van der Waals surface area contributed by atoms with Crippen molar-refractivity contribution in [3.63, 3.8) is 0 Å². The standard InChI is InChI=1S/C12H19N3O3/c13-11(17)8-3-5-15(6-4-8)10(16)7-14-12(18)9-1-2-9/h8-9H,1-7H2,(H2,13,17)(H,14,18). The molecular weight excluding hydrogens is 234 g/mol. The number of likely N-dealkylation sites (tertiary alicyclic amines) is 1. The van der Waals surface area contributed by atoms with Gasteiger partial charge < -0.3 is 16.0 Å². The molecule has 0 unspecified atom stereocenters. The van der Waals surface area contributed by atoms with E-state index in [0.717, 1.165) is 12.8 Å². The van der Waals surface area contributed by atoms with Gasteiger partial charge in [0, 0.05) is 24.9 Å². The number of carbonyl (C=O) groups excluding carboxylic acids is 3. The van der Waals surface area contributed by atoms with E-state index < -0.39 is 0 Å². The summed E-state index contributed by atoms with van der Waals surface area (Å²) in [5, 5.41) is 2.65. The Kier molecular flexibility index (Phi) is 3.84. The molecule has 6 nitrogen and oxygen atoms in total. The molecule has 3 N–H and O–H groups in total. The van der Waals surface area contributed by atoms with Crippen molar-refractivity contribution >= 4 is 17.7 Å². The molecule has 0 spiro atoms. The maximum Gasteiger partial charge on any atom is 0.241 e. The smallest absolute Gasteiger partial charge is 0.241 e. The van der Waals surface area contributed by atoms with E-state index >= 15 is 0 Å². The highest BCUT2D eigenvalue weighted by molar-refractivity contribution is 5.87. The predicted molar refractivity (Wildman–Crippen MR) is 64.2 cm³/mol. The van der Waals surface area contributed by atoms with Gasteiger partial charge in [0.05, 0.1) is 6.54 Å². The Labute approximate surface area is 106 Å². The van der Waals surface area contributed by atoms with Crippen LogP contribution in [0, 0.1) is 11.8 Å². The molecule has 0 aromatic carbocycles. The summed E-state index contributed by atoms with van der Waals surface area (Å²) in [6.07, 6.45) is 3.11. The summed E-state index contributed by atoms with van der Waals surface area (Å²) >= 11 is 0. The number of primary amides is 1. The summed E-state index contributed by atoms with van der Waals surface area (Å²) in [7, 11) is 0. The number of hydrogen-bond donors (Lipinski definition) is 2. The molecular formula is C12H19N3O3. The van der Waals surface area contributed by atoms with Gasteiger partial charge in [-0.15, -0.1) is 0 Å². The molecule has 2 aliphatic rings. The number of hydrogen-bond acceptors (Lipinski definition) is 3. The molecule has 18 heavy (non-hydrogen) atoms. The van der Waals surface area contributed by atoms with E-state index in [2.05, 4.69) is 5.32 Å². The molecule has 1 aliphatic carbocycles. The lowest BCUT2D eigenvalue weighted by atomic mass is 9.96. The number of nitrogens with zero attached hydrogens (tertiary/aromatic N) is 1. The van der Waals surface area contributed by atoms with Crippen LogP contribution >= 0.6 is 0 Å². The highest BCUT2D eigenvalue weighted by Gasteiger charge is 2.30. The summed E-state index contributed by atoms with van der Waals surface area (Å²) < 4.78 is 0. The van der Waals surface area contributed by atoms with Crippen molar-refractivity contribution < 1.29 is 14.4 Å². The second-order valence-corrected chi connectivity index (χ2v) is 5.05. The third-order valence-corrected chi connectivity index (χ3v) is 3.61. The monoisotopic (exact) mass is 253 g/mol. The molecule has 1 heterocycles. The molecule has 0 aromatic heterocycles. The Bertz CT molecular complexity index is 358. The van der Waals surface area contributed by atoms with Gasteiger partial charge in [0.25, 0.3) is 0 Å². The number of amides is 3. The largest absolute Gasteiger partial charge is 0.369 e. The SMILES string of the molecule is NC(=O)C1CCN(C(=O)CNC(=O)C2CC2)CC1. The normalized spacial score (nSPS) is 20.6. The number of nitrogens with one attached hydrogen (secondary N) is 1. The van der Waals surface area contributed by atoms with Gasteiger partial charge in [-0.05, 0) is 25.7 Å². The van der Waals surface area contributed by atoms with E-state index in [1.165, 1.54) is 0 Å². The Morgan fingerprint density at radius 3 is 2.17 bits per heavy atom. The Morgan fingerprint density at radius 2 is 1.67 bits per heavy atom. The lowest BCUT2D eigenvalue weighted by Gasteiger charge is -2.30. The number of carbonyl (C=O) groups is 3. The van der Waals surface area contributed by atoms with Crippen LogP contribution in [0.2, 0.25) is 0 Å². The summed E-state index contributed by atoms with van der Waals surface area (Å²) in [6.45, 7) is 1.16. The second kappa shape index (κ2) is 5.37. The van der Waals surface area contributed by atoms with E-state index in [0.29, 0.717) is 25.9 Å². The highest BCUT2D eigenvalue weighted by atomic mass is 16.2. The van der Waals surface area contributed by atoms with E-state index in [1.54, 1.807) is 4.90 Å². The molecule has 1 saturated heterocycles. The van der Waals surface area contributed by atoms with Gasteiger partial charge in [-0.2, -0.15) is 0 Å². The first-order valence-corrected chi connectivity index (χ1v) is 6.42. The third kappa shape index (κ3) is 3.21. The molecule has 3 amide bonds. The van der Waals surface area contributed by atoms with Crippen LogP contribution in [0.25, 0.3) is 0 Å². The van der Waals surface area contributed by atoms with Crippen LogP contribution < -0.4 is 11.1 Å². The number of piperidine rings is 1. The van der Waals surface area contributed by atoms with Crippen LogP contribution in [0.15, 0.2) is 0 Å². The van der Waals surface area contributed by atoms with Gasteiger partial charge in [0.1, 0.15) is 0 Å². The first-order valence-electron chi connectivity index (χ1n) is 6.42. The zero-order valence-electron chi connectivity index (χ0n) is 10.4. The van der Waals surface area contributed by atoms with E-state index in [-0.39, 0.29) is 36.1 Å². The molecule has 2 rings (SSSR count). The van der Waals surface area contributed by atoms with Crippen LogP contribution in [0.5, 0.6) is 0 Å². The molecule has 0 atom stereocenters. The minimum atomic E-state index is -0.288. The Balaban J connectivity index is 1.70. The van der Waals surface area contributed by atoms with Crippen LogP contribution in [-0.2, 0) is 14.4 Å². The highest BCUT2D eigenvalue weighted by Crippen LogP contribution is 2.28. The molecule has 0 aromatic rings. The van der Waals surface area contributed by atoms with Crippen LogP contribution in [0.3, 0.4) is 0 Å². The van der Waals surface area contributed by atoms with Gasteiger partial charge >= 0.3 is 0 Å². The summed E-state index contributed by atoms with van der Waals surface area (Å²) in [4.78, 5) is 35.9. The number of rotatable bonds is 4. The summed E-state index contributed by atoms with van der Waals surface area (Å²) in [5.41, 5.74) is 5.23. The fourth-order valence-electron chi connectivity index (χ4n) is 2.18. The zero-order chi connectivity index (χ0) is 13.1. The fraction of sp³-hybridized carbons (Fsp3) is 0.750. The van der Waals surface area contributed by atoms with Crippen molar-refractivity contribution in [1.29, 1.82) is 0 Å². The maximum absolute atomic E-state index is 11.8. The molecule has 2 fully saturated rings. The summed E-state index contributed by atoms with van der Waals surface area (Å²) in [6, 6.07) is 0. The first-order chi connectivity index (χ1) is 8.58. The van der Waals surface area contributed by atoms with Crippen molar-refractivity contribution in [2.24, 2.45) is 17.6 Å². The van der Waals surface area contributed by atoms with Crippen molar-refractivity contribution in [2.45, 2.75) is 25.7 Å². The van der Waals surface area contributed by atoms with Gasteiger partial charge in [-0.1, -0.05) is 0 Å². The fourth-order valence-corrected chi connectivity index (χ4v) is 2.18. The maximum atomic E-state index is 11.8. The van der Waals surface area contributed by atoms with E-state index in [1.807, 2.05) is 0 Å². The molecule has 6 heteroatoms. The van der Waals surface area contributed by atoms with Crippen LogP contribution in [-0.4, -0.2) is 42.3 Å². The molecule has 100 valence electrons. The van der Waals surface area contributed by atoms with Crippen LogP contribution in [0.4, 0.5) is 0 Å². The van der Waals surface area contributed by atoms with Gasteiger partial charge in [0.15, 0.2) is 0 Å². The van der Waals surface area contributed by atoms with Gasteiger partial charge in [0.2, 0.25) is 17.7 Å². The quantitative estimate of drug-likeness (QED) is 0.689. The molecule has 1 aliphatic heterocycles. The third-order valence-electron chi connectivity index (χ3n) is 3.61. The Morgan fingerprint density at radius 1 is 1.06 bits per heavy atom. The average Bonchev–Trinajstić information content (AvgIpc) is 3.20. The first kappa shape index (κ1) is 12.9. The van der Waals surface area contributed by atoms with E-state index in [4.69, 9.17) is 5.73 Å². The average molecular weight is 253 g/mol. The topological polar surface area (TPSA) is 92.5 Å². The summed E-state index contributed by atoms with van der Waals surface area (Å²) in [5.74, 6) is -0.375. The van der Waals surface area contributed by atoms with Crippen LogP contribution in [0.1, 0.15) is 25.7 Å². The Hall–Kier alpha value is -1.59. The van der Waals surface area contributed by atoms with Gasteiger partial charge in [-0.3, -0.25) is 14.4 Å².